The minimum Gasteiger partial charge on any atom is -0.342 e. The smallest absolute Gasteiger partial charge is 0.246 e. The monoisotopic (exact) mass is 252 g/mol. The number of piperazine rings is 1. The third kappa shape index (κ3) is 2.92. The van der Waals surface area contributed by atoms with Gasteiger partial charge in [0.15, 0.2) is 0 Å². The van der Waals surface area contributed by atoms with E-state index in [-0.39, 0.29) is 23.3 Å². The molecule has 2 unspecified atom stereocenters. The van der Waals surface area contributed by atoms with Gasteiger partial charge in [-0.2, -0.15) is 0 Å². The summed E-state index contributed by atoms with van der Waals surface area (Å²) in [4.78, 5) is 26.2. The van der Waals surface area contributed by atoms with E-state index in [0.29, 0.717) is 13.0 Å². The van der Waals surface area contributed by atoms with Crippen LogP contribution in [0.4, 0.5) is 0 Å². The molecule has 0 radical (unpaired) electrons. The van der Waals surface area contributed by atoms with Crippen molar-refractivity contribution < 1.29 is 9.59 Å². The molecule has 1 aliphatic heterocycles. The lowest BCUT2D eigenvalue weighted by Gasteiger charge is -2.44. The number of nitrogens with zero attached hydrogens (tertiary/aromatic N) is 1. The Morgan fingerprint density at radius 2 is 2.00 bits per heavy atom. The summed E-state index contributed by atoms with van der Waals surface area (Å²) in [6.07, 6.45) is 3.24. The number of carbonyl (C=O) groups is 2. The highest BCUT2D eigenvalue weighted by Gasteiger charge is 2.45. The van der Waals surface area contributed by atoms with E-state index >= 15 is 0 Å². The van der Waals surface area contributed by atoms with Gasteiger partial charge in [-0.3, -0.25) is 9.59 Å². The molecular formula is C14H24N2O2. The summed E-state index contributed by atoms with van der Waals surface area (Å²) in [7, 11) is 0. The van der Waals surface area contributed by atoms with Crippen molar-refractivity contribution in [2.24, 2.45) is 5.41 Å². The van der Waals surface area contributed by atoms with Crippen molar-refractivity contribution in [2.75, 3.05) is 6.54 Å². The van der Waals surface area contributed by atoms with Gasteiger partial charge in [-0.15, -0.1) is 6.58 Å². The standard InChI is InChI=1S/C14H24N2O2/c1-6-8-10-13(18)16(9-7-2)11(12(17)15-10)14(3,4)5/h7,10-11H,2,6,8-9H2,1,3-5H3,(H,15,17). The predicted octanol–water partition coefficient (Wildman–Crippen LogP) is 1.71. The second-order valence-electron chi connectivity index (χ2n) is 5.90. The number of nitrogens with one attached hydrogen (secondary N) is 1. The van der Waals surface area contributed by atoms with Crippen LogP contribution < -0.4 is 5.32 Å². The SMILES string of the molecule is C=CCN1C(=O)C(CCC)NC(=O)C1C(C)(C)C. The Morgan fingerprint density at radius 3 is 2.44 bits per heavy atom. The lowest BCUT2D eigenvalue weighted by Crippen LogP contribution is -2.66. The van der Waals surface area contributed by atoms with Crippen LogP contribution in [0.1, 0.15) is 40.5 Å². The van der Waals surface area contributed by atoms with Crippen LogP contribution >= 0.6 is 0 Å². The molecule has 0 saturated carbocycles. The minimum absolute atomic E-state index is 0.0104. The van der Waals surface area contributed by atoms with Crippen LogP contribution in [-0.4, -0.2) is 35.3 Å². The molecule has 1 N–H and O–H groups in total. The van der Waals surface area contributed by atoms with Gasteiger partial charge >= 0.3 is 0 Å². The number of amides is 2. The van der Waals surface area contributed by atoms with E-state index in [9.17, 15) is 9.59 Å². The molecular weight excluding hydrogens is 228 g/mol. The molecule has 0 bridgehead atoms. The quantitative estimate of drug-likeness (QED) is 0.774. The number of hydrogen-bond acceptors (Lipinski definition) is 2. The van der Waals surface area contributed by atoms with E-state index in [0.717, 1.165) is 6.42 Å². The maximum Gasteiger partial charge on any atom is 0.246 e. The van der Waals surface area contributed by atoms with Crippen LogP contribution in [0.5, 0.6) is 0 Å². The fraction of sp³-hybridized carbons (Fsp3) is 0.714. The maximum absolute atomic E-state index is 12.4. The summed E-state index contributed by atoms with van der Waals surface area (Å²) in [5.41, 5.74) is -0.278. The van der Waals surface area contributed by atoms with Crippen molar-refractivity contribution in [3.63, 3.8) is 0 Å². The normalized spacial score (nSPS) is 25.0. The molecule has 0 aliphatic carbocycles. The van der Waals surface area contributed by atoms with Crippen molar-refractivity contribution in [2.45, 2.75) is 52.6 Å². The molecule has 18 heavy (non-hydrogen) atoms. The van der Waals surface area contributed by atoms with E-state index in [1.54, 1.807) is 11.0 Å². The number of rotatable bonds is 4. The van der Waals surface area contributed by atoms with Gasteiger partial charge in [0.25, 0.3) is 0 Å². The third-order valence-electron chi connectivity index (χ3n) is 3.18. The zero-order valence-corrected chi connectivity index (χ0v) is 11.8. The van der Waals surface area contributed by atoms with Crippen molar-refractivity contribution in [1.29, 1.82) is 0 Å². The molecule has 1 saturated heterocycles. The molecule has 0 aromatic carbocycles. The molecule has 1 fully saturated rings. The van der Waals surface area contributed by atoms with Crippen LogP contribution in [0.25, 0.3) is 0 Å². The molecule has 2 amide bonds. The topological polar surface area (TPSA) is 49.4 Å². The average Bonchev–Trinajstić information content (AvgIpc) is 2.23. The van der Waals surface area contributed by atoms with E-state index in [4.69, 9.17) is 0 Å². The molecule has 1 aliphatic rings. The van der Waals surface area contributed by atoms with Gasteiger partial charge < -0.3 is 10.2 Å². The van der Waals surface area contributed by atoms with Gasteiger partial charge in [0.2, 0.25) is 11.8 Å². The Morgan fingerprint density at radius 1 is 1.39 bits per heavy atom. The first-order valence-corrected chi connectivity index (χ1v) is 6.54. The molecule has 1 heterocycles. The molecule has 0 aromatic rings. The highest BCUT2D eigenvalue weighted by Crippen LogP contribution is 2.28. The largest absolute Gasteiger partial charge is 0.342 e. The first kappa shape index (κ1) is 14.7. The summed E-state index contributed by atoms with van der Waals surface area (Å²) in [5.74, 6) is -0.0429. The van der Waals surface area contributed by atoms with Crippen LogP contribution in [-0.2, 0) is 9.59 Å². The zero-order chi connectivity index (χ0) is 13.9. The summed E-state index contributed by atoms with van der Waals surface area (Å²) in [5, 5.41) is 2.85. The van der Waals surface area contributed by atoms with Crippen molar-refractivity contribution in [3.8, 4) is 0 Å². The van der Waals surface area contributed by atoms with Gasteiger partial charge in [-0.05, 0) is 11.8 Å². The van der Waals surface area contributed by atoms with Crippen LogP contribution in [0.3, 0.4) is 0 Å². The van der Waals surface area contributed by atoms with E-state index in [1.165, 1.54) is 0 Å². The van der Waals surface area contributed by atoms with Crippen LogP contribution in [0.2, 0.25) is 0 Å². The third-order valence-corrected chi connectivity index (χ3v) is 3.18. The second-order valence-corrected chi connectivity index (χ2v) is 5.90. The predicted molar refractivity (Wildman–Crippen MR) is 72.0 cm³/mol. The Labute approximate surface area is 109 Å². The van der Waals surface area contributed by atoms with E-state index in [1.807, 2.05) is 27.7 Å². The minimum atomic E-state index is -0.420. The summed E-state index contributed by atoms with van der Waals surface area (Å²) in [6, 6.07) is -0.794. The molecule has 4 heteroatoms. The first-order valence-electron chi connectivity index (χ1n) is 6.54. The maximum atomic E-state index is 12.4. The zero-order valence-electron chi connectivity index (χ0n) is 11.8. The molecule has 0 spiro atoms. The van der Waals surface area contributed by atoms with Gasteiger partial charge in [0, 0.05) is 6.54 Å². The first-order chi connectivity index (χ1) is 8.32. The Bertz CT molecular complexity index is 344. The second kappa shape index (κ2) is 5.55. The van der Waals surface area contributed by atoms with E-state index < -0.39 is 6.04 Å². The molecule has 102 valence electrons. The average molecular weight is 252 g/mol. The summed E-state index contributed by atoms with van der Waals surface area (Å²) < 4.78 is 0. The fourth-order valence-electron chi connectivity index (χ4n) is 2.46. The Balaban J connectivity index is 3.02. The molecule has 4 nitrogen and oxygen atoms in total. The van der Waals surface area contributed by atoms with Gasteiger partial charge in [-0.25, -0.2) is 0 Å². The van der Waals surface area contributed by atoms with Crippen molar-refractivity contribution in [3.05, 3.63) is 12.7 Å². The Kier molecular flexibility index (Phi) is 4.54. The highest BCUT2D eigenvalue weighted by atomic mass is 16.2. The van der Waals surface area contributed by atoms with Gasteiger partial charge in [-0.1, -0.05) is 40.2 Å². The van der Waals surface area contributed by atoms with Crippen molar-refractivity contribution in [1.82, 2.24) is 10.2 Å². The molecule has 1 rings (SSSR count). The van der Waals surface area contributed by atoms with Gasteiger partial charge in [0.05, 0.1) is 0 Å². The highest BCUT2D eigenvalue weighted by molar-refractivity contribution is 5.97. The van der Waals surface area contributed by atoms with Crippen LogP contribution in [0.15, 0.2) is 12.7 Å². The summed E-state index contributed by atoms with van der Waals surface area (Å²) in [6.45, 7) is 12.0. The molecule has 0 aromatic heterocycles. The lowest BCUT2D eigenvalue weighted by molar-refractivity contribution is -0.153. The van der Waals surface area contributed by atoms with Crippen molar-refractivity contribution >= 4 is 11.8 Å². The Hall–Kier alpha value is -1.32. The fourth-order valence-corrected chi connectivity index (χ4v) is 2.46. The van der Waals surface area contributed by atoms with Gasteiger partial charge in [0.1, 0.15) is 12.1 Å². The van der Waals surface area contributed by atoms with E-state index in [2.05, 4.69) is 11.9 Å². The number of hydrogen-bond donors (Lipinski definition) is 1. The lowest BCUT2D eigenvalue weighted by atomic mass is 9.83. The molecule has 2 atom stereocenters. The summed E-state index contributed by atoms with van der Waals surface area (Å²) >= 11 is 0. The van der Waals surface area contributed by atoms with Crippen LogP contribution in [0, 0.1) is 5.41 Å². The number of carbonyl (C=O) groups excluding carboxylic acids is 2.